The summed E-state index contributed by atoms with van der Waals surface area (Å²) in [5.41, 5.74) is 8.16. The summed E-state index contributed by atoms with van der Waals surface area (Å²) < 4.78 is 13.7. The van der Waals surface area contributed by atoms with Gasteiger partial charge in [-0.25, -0.2) is 4.39 Å². The van der Waals surface area contributed by atoms with E-state index in [0.29, 0.717) is 12.0 Å². The zero-order valence-electron chi connectivity index (χ0n) is 16.3. The van der Waals surface area contributed by atoms with Crippen LogP contribution in [0.4, 0.5) is 4.39 Å². The highest BCUT2D eigenvalue weighted by atomic mass is 19.1. The van der Waals surface area contributed by atoms with Crippen molar-refractivity contribution < 1.29 is 4.39 Å². The fraction of sp³-hybridized carbons (Fsp3) is 0.280. The molecule has 2 aliphatic heterocycles. The maximum absolute atomic E-state index is 13.7. The highest BCUT2D eigenvalue weighted by Crippen LogP contribution is 2.48. The average molecular weight is 357 g/mol. The van der Waals surface area contributed by atoms with Crippen LogP contribution < -0.4 is 0 Å². The minimum atomic E-state index is -0.180. The second-order valence-corrected chi connectivity index (χ2v) is 8.21. The normalized spacial score (nSPS) is 23.1. The maximum atomic E-state index is 13.7. The molecule has 0 fully saturated rings. The van der Waals surface area contributed by atoms with E-state index in [2.05, 4.69) is 69.1 Å². The fourth-order valence-corrected chi connectivity index (χ4v) is 5.23. The molecule has 1 nitrogen and oxygen atoms in total. The average Bonchev–Trinajstić information content (AvgIpc) is 2.64. The Morgan fingerprint density at radius 3 is 2.56 bits per heavy atom. The van der Waals surface area contributed by atoms with Crippen LogP contribution in [0, 0.1) is 19.7 Å². The molecular formula is C25H24FN. The number of rotatable bonds is 0. The molecule has 3 unspecified atom stereocenters. The summed E-state index contributed by atoms with van der Waals surface area (Å²) >= 11 is 0. The minimum Gasteiger partial charge on any atom is -0.363 e. The fourth-order valence-electron chi connectivity index (χ4n) is 5.23. The van der Waals surface area contributed by atoms with E-state index < -0.39 is 0 Å². The second kappa shape index (κ2) is 5.69. The first-order chi connectivity index (χ1) is 13.0. The van der Waals surface area contributed by atoms with Crippen LogP contribution in [0.5, 0.6) is 0 Å². The van der Waals surface area contributed by atoms with Gasteiger partial charge in [0, 0.05) is 18.2 Å². The molecule has 0 radical (unpaired) electrons. The number of halogens is 1. The van der Waals surface area contributed by atoms with Crippen molar-refractivity contribution in [2.45, 2.75) is 45.7 Å². The van der Waals surface area contributed by atoms with Gasteiger partial charge in [-0.05, 0) is 77.6 Å². The van der Waals surface area contributed by atoms with Crippen LogP contribution >= 0.6 is 0 Å². The van der Waals surface area contributed by atoms with E-state index in [4.69, 9.17) is 0 Å². The number of nitrogens with zero attached hydrogens (tertiary/aromatic N) is 1. The van der Waals surface area contributed by atoms with Crippen molar-refractivity contribution in [3.05, 3.63) is 87.9 Å². The molecule has 3 aromatic carbocycles. The molecule has 2 heteroatoms. The Bertz CT molecular complexity index is 1110. The first-order valence-corrected chi connectivity index (χ1v) is 9.74. The first-order valence-electron chi connectivity index (χ1n) is 9.74. The van der Waals surface area contributed by atoms with Crippen LogP contribution in [-0.4, -0.2) is 10.9 Å². The summed E-state index contributed by atoms with van der Waals surface area (Å²) in [6.07, 6.45) is 4.46. The Morgan fingerprint density at radius 2 is 1.74 bits per heavy atom. The molecule has 3 aromatic rings. The molecule has 5 rings (SSSR count). The molecule has 0 aromatic heterocycles. The van der Waals surface area contributed by atoms with Gasteiger partial charge in [0.15, 0.2) is 0 Å². The lowest BCUT2D eigenvalue weighted by Crippen LogP contribution is -2.42. The maximum Gasteiger partial charge on any atom is 0.123 e. The van der Waals surface area contributed by atoms with Gasteiger partial charge in [0.1, 0.15) is 5.82 Å². The highest BCUT2D eigenvalue weighted by molar-refractivity contribution is 5.93. The molecule has 2 aliphatic rings. The van der Waals surface area contributed by atoms with Gasteiger partial charge < -0.3 is 4.90 Å². The smallest absolute Gasteiger partial charge is 0.123 e. The SMILES string of the molecule is Cc1cc(C)c2c(c1)C1c3ccc4cc(F)ccc4c3C=CN1C(C)C2C. The topological polar surface area (TPSA) is 3.24 Å². The quantitative estimate of drug-likeness (QED) is 0.445. The third-order valence-electron chi connectivity index (χ3n) is 6.57. The Kier molecular flexibility index (Phi) is 3.49. The van der Waals surface area contributed by atoms with Gasteiger partial charge in [0.25, 0.3) is 0 Å². The summed E-state index contributed by atoms with van der Waals surface area (Å²) in [6, 6.07) is 14.7. The Hall–Kier alpha value is -2.61. The van der Waals surface area contributed by atoms with Crippen LogP contribution in [0.25, 0.3) is 16.8 Å². The minimum absolute atomic E-state index is 0.180. The van der Waals surface area contributed by atoms with Crippen LogP contribution in [0.1, 0.15) is 59.2 Å². The zero-order chi connectivity index (χ0) is 18.9. The van der Waals surface area contributed by atoms with Gasteiger partial charge in [0.2, 0.25) is 0 Å². The molecule has 2 heterocycles. The van der Waals surface area contributed by atoms with Crippen molar-refractivity contribution in [2.75, 3.05) is 0 Å². The molecule has 0 aliphatic carbocycles. The summed E-state index contributed by atoms with van der Waals surface area (Å²) in [5.74, 6) is 0.304. The molecule has 0 spiro atoms. The lowest BCUT2D eigenvalue weighted by atomic mass is 9.74. The Labute approximate surface area is 160 Å². The molecule has 136 valence electrons. The lowest BCUT2D eigenvalue weighted by Gasteiger charge is -2.48. The lowest BCUT2D eigenvalue weighted by molar-refractivity contribution is 0.198. The molecule has 0 saturated carbocycles. The molecule has 27 heavy (non-hydrogen) atoms. The van der Waals surface area contributed by atoms with E-state index in [1.165, 1.54) is 33.4 Å². The summed E-state index contributed by atoms with van der Waals surface area (Å²) in [5, 5.41) is 2.09. The van der Waals surface area contributed by atoms with Crippen molar-refractivity contribution in [3.8, 4) is 0 Å². The van der Waals surface area contributed by atoms with E-state index >= 15 is 0 Å². The van der Waals surface area contributed by atoms with Gasteiger partial charge >= 0.3 is 0 Å². The van der Waals surface area contributed by atoms with Crippen molar-refractivity contribution >= 4 is 16.8 Å². The second-order valence-electron chi connectivity index (χ2n) is 8.21. The molecule has 0 N–H and O–H groups in total. The van der Waals surface area contributed by atoms with E-state index in [1.54, 1.807) is 12.1 Å². The van der Waals surface area contributed by atoms with Crippen molar-refractivity contribution in [1.82, 2.24) is 4.90 Å². The number of hydrogen-bond donors (Lipinski definition) is 0. The van der Waals surface area contributed by atoms with Gasteiger partial charge in [-0.2, -0.15) is 0 Å². The molecule has 0 amide bonds. The van der Waals surface area contributed by atoms with Crippen molar-refractivity contribution in [2.24, 2.45) is 0 Å². The number of fused-ring (bicyclic) bond motifs is 7. The number of hydrogen-bond acceptors (Lipinski definition) is 1. The molecule has 0 bridgehead atoms. The van der Waals surface area contributed by atoms with Gasteiger partial charge in [0.05, 0.1) is 6.04 Å². The summed E-state index contributed by atoms with van der Waals surface area (Å²) in [7, 11) is 0. The predicted molar refractivity (Wildman–Crippen MR) is 110 cm³/mol. The van der Waals surface area contributed by atoms with Crippen LogP contribution in [0.15, 0.2) is 48.7 Å². The van der Waals surface area contributed by atoms with E-state index in [-0.39, 0.29) is 11.9 Å². The molecular weight excluding hydrogens is 333 g/mol. The first kappa shape index (κ1) is 16.6. The zero-order valence-corrected chi connectivity index (χ0v) is 16.3. The number of benzene rings is 3. The molecule has 3 atom stereocenters. The Morgan fingerprint density at radius 1 is 0.926 bits per heavy atom. The summed E-state index contributed by atoms with van der Waals surface area (Å²) in [4.78, 5) is 2.50. The van der Waals surface area contributed by atoms with E-state index in [0.717, 1.165) is 10.8 Å². The van der Waals surface area contributed by atoms with Crippen LogP contribution in [0.3, 0.4) is 0 Å². The summed E-state index contributed by atoms with van der Waals surface area (Å²) in [6.45, 7) is 9.09. The third kappa shape index (κ3) is 2.29. The van der Waals surface area contributed by atoms with Gasteiger partial charge in [-0.1, -0.05) is 42.8 Å². The highest BCUT2D eigenvalue weighted by Gasteiger charge is 2.39. The van der Waals surface area contributed by atoms with Gasteiger partial charge in [-0.3, -0.25) is 0 Å². The van der Waals surface area contributed by atoms with E-state index in [1.807, 2.05) is 6.07 Å². The standard InChI is InChI=1S/C25H24FN/c1-14-11-15(2)24-16(3)17(4)27-10-9-21-20-8-6-19(26)13-18(20)5-7-22(21)25(27)23(24)12-14/h5-13,16-17,25H,1-4H3. The Balaban J connectivity index is 1.81. The van der Waals surface area contributed by atoms with Crippen molar-refractivity contribution in [3.63, 3.8) is 0 Å². The largest absolute Gasteiger partial charge is 0.363 e. The van der Waals surface area contributed by atoms with Crippen LogP contribution in [-0.2, 0) is 0 Å². The van der Waals surface area contributed by atoms with E-state index in [9.17, 15) is 4.39 Å². The van der Waals surface area contributed by atoms with Crippen LogP contribution in [0.2, 0.25) is 0 Å². The third-order valence-corrected chi connectivity index (χ3v) is 6.57. The molecule has 0 saturated heterocycles. The monoisotopic (exact) mass is 357 g/mol. The van der Waals surface area contributed by atoms with Gasteiger partial charge in [-0.15, -0.1) is 0 Å². The predicted octanol–water partition coefficient (Wildman–Crippen LogP) is 6.48. The number of aryl methyl sites for hydroxylation is 2. The van der Waals surface area contributed by atoms with Crippen molar-refractivity contribution in [1.29, 1.82) is 0 Å².